The summed E-state index contributed by atoms with van der Waals surface area (Å²) in [6.45, 7) is 6.15. The predicted octanol–water partition coefficient (Wildman–Crippen LogP) is 3.29. The molecule has 0 radical (unpaired) electrons. The van der Waals surface area contributed by atoms with Crippen LogP contribution in [0, 0.1) is 17.2 Å². The molecule has 1 heterocycles. The zero-order valence-electron chi connectivity index (χ0n) is 17.0. The van der Waals surface area contributed by atoms with Gasteiger partial charge in [-0.15, -0.1) is 0 Å². The van der Waals surface area contributed by atoms with E-state index in [1.54, 1.807) is 24.3 Å². The fraction of sp³-hybridized carbons (Fsp3) is 0.591. The van der Waals surface area contributed by atoms with E-state index in [-0.39, 0.29) is 23.8 Å². The molecule has 28 heavy (non-hydrogen) atoms. The van der Waals surface area contributed by atoms with Crippen molar-refractivity contribution in [2.45, 2.75) is 58.4 Å². The van der Waals surface area contributed by atoms with E-state index in [0.29, 0.717) is 17.8 Å². The highest BCUT2D eigenvalue weighted by molar-refractivity contribution is 5.95. The van der Waals surface area contributed by atoms with Crippen molar-refractivity contribution in [2.24, 2.45) is 5.92 Å². The van der Waals surface area contributed by atoms with E-state index >= 15 is 0 Å². The summed E-state index contributed by atoms with van der Waals surface area (Å²) < 4.78 is 0. The zero-order chi connectivity index (χ0) is 20.4. The van der Waals surface area contributed by atoms with Crippen LogP contribution in [0.15, 0.2) is 24.3 Å². The molecule has 2 unspecified atom stereocenters. The van der Waals surface area contributed by atoms with Crippen molar-refractivity contribution in [3.63, 3.8) is 0 Å². The normalized spacial score (nSPS) is 18.1. The maximum absolute atomic E-state index is 12.7. The highest BCUT2D eigenvalue weighted by Crippen LogP contribution is 2.20. The summed E-state index contributed by atoms with van der Waals surface area (Å²) in [6, 6.07) is 8.72. The number of rotatable bonds is 9. The average Bonchev–Trinajstić information content (AvgIpc) is 2.73. The average molecular weight is 385 g/mol. The Kier molecular flexibility index (Phi) is 8.96. The molecule has 6 nitrogen and oxygen atoms in total. The van der Waals surface area contributed by atoms with E-state index in [1.165, 1.54) is 12.8 Å². The van der Waals surface area contributed by atoms with Gasteiger partial charge in [0.05, 0.1) is 23.2 Å². The van der Waals surface area contributed by atoms with Gasteiger partial charge in [0.2, 0.25) is 11.8 Å². The third kappa shape index (κ3) is 6.35. The monoisotopic (exact) mass is 384 g/mol. The van der Waals surface area contributed by atoms with Gasteiger partial charge >= 0.3 is 0 Å². The Morgan fingerprint density at radius 3 is 2.82 bits per heavy atom. The van der Waals surface area contributed by atoms with Gasteiger partial charge in [0.1, 0.15) is 6.07 Å². The zero-order valence-corrected chi connectivity index (χ0v) is 17.0. The summed E-state index contributed by atoms with van der Waals surface area (Å²) in [5.74, 6) is -0.117. The van der Waals surface area contributed by atoms with Gasteiger partial charge in [-0.05, 0) is 44.9 Å². The van der Waals surface area contributed by atoms with Crippen molar-refractivity contribution in [2.75, 3.05) is 25.0 Å². The Labute approximate surface area is 168 Å². The highest BCUT2D eigenvalue weighted by Gasteiger charge is 2.30. The second-order valence-corrected chi connectivity index (χ2v) is 7.51. The molecule has 2 rings (SSSR count). The van der Waals surface area contributed by atoms with Gasteiger partial charge in [-0.2, -0.15) is 5.26 Å². The topological polar surface area (TPSA) is 85.2 Å². The maximum Gasteiger partial charge on any atom is 0.241 e. The molecule has 1 aromatic carbocycles. The van der Waals surface area contributed by atoms with E-state index in [4.69, 9.17) is 0 Å². The SMILES string of the molecule is CCCCCCNC(=O)C1CCCN(C(C)C(=O)Nc2ccccc2C#N)C1. The molecular weight excluding hydrogens is 352 g/mol. The standard InChI is InChI=1S/C22H32N4O2/c1-3-4-5-8-13-24-22(28)19-11-9-14-26(16-19)17(2)21(27)25-20-12-7-6-10-18(20)15-23/h6-7,10,12,17,19H,3-5,8-9,11,13-14,16H2,1-2H3,(H,24,28)(H,25,27). The van der Waals surface area contributed by atoms with Crippen LogP contribution in [0.2, 0.25) is 0 Å². The van der Waals surface area contributed by atoms with Crippen LogP contribution in [0.5, 0.6) is 0 Å². The van der Waals surface area contributed by atoms with Gasteiger partial charge in [-0.3, -0.25) is 14.5 Å². The van der Waals surface area contributed by atoms with Crippen LogP contribution in [0.3, 0.4) is 0 Å². The van der Waals surface area contributed by atoms with Crippen molar-refractivity contribution < 1.29 is 9.59 Å². The highest BCUT2D eigenvalue weighted by atomic mass is 16.2. The van der Waals surface area contributed by atoms with E-state index in [1.807, 2.05) is 6.92 Å². The number of amides is 2. The number of anilines is 1. The quantitative estimate of drug-likeness (QED) is 0.640. The third-order valence-corrected chi connectivity index (χ3v) is 5.39. The fourth-order valence-corrected chi connectivity index (χ4v) is 3.57. The van der Waals surface area contributed by atoms with Gasteiger partial charge in [0, 0.05) is 13.1 Å². The Morgan fingerprint density at radius 2 is 2.07 bits per heavy atom. The molecule has 152 valence electrons. The summed E-state index contributed by atoms with van der Waals surface area (Å²) in [7, 11) is 0. The van der Waals surface area contributed by atoms with Crippen LogP contribution in [0.1, 0.15) is 57.9 Å². The molecule has 2 N–H and O–H groups in total. The minimum absolute atomic E-state index is 0.0680. The van der Waals surface area contributed by atoms with Crippen LogP contribution in [0.25, 0.3) is 0 Å². The summed E-state index contributed by atoms with van der Waals surface area (Å²) in [4.78, 5) is 27.2. The lowest BCUT2D eigenvalue weighted by Gasteiger charge is -2.35. The summed E-state index contributed by atoms with van der Waals surface area (Å²) in [6.07, 6.45) is 6.32. The summed E-state index contributed by atoms with van der Waals surface area (Å²) in [5.41, 5.74) is 0.974. The van der Waals surface area contributed by atoms with Crippen LogP contribution in [0.4, 0.5) is 5.69 Å². The number of hydrogen-bond acceptors (Lipinski definition) is 4. The molecule has 2 atom stereocenters. The van der Waals surface area contributed by atoms with Gasteiger partial charge in [-0.25, -0.2) is 0 Å². The van der Waals surface area contributed by atoms with Crippen molar-refractivity contribution in [1.29, 1.82) is 5.26 Å². The van der Waals surface area contributed by atoms with Crippen molar-refractivity contribution >= 4 is 17.5 Å². The molecule has 1 aliphatic rings. The Balaban J connectivity index is 1.86. The second kappa shape index (κ2) is 11.5. The smallest absolute Gasteiger partial charge is 0.241 e. The van der Waals surface area contributed by atoms with Gasteiger partial charge in [0.25, 0.3) is 0 Å². The first-order valence-corrected chi connectivity index (χ1v) is 10.4. The van der Waals surface area contributed by atoms with Crippen LogP contribution >= 0.6 is 0 Å². The van der Waals surface area contributed by atoms with Gasteiger partial charge in [0.15, 0.2) is 0 Å². The first-order valence-electron chi connectivity index (χ1n) is 10.4. The number of benzene rings is 1. The summed E-state index contributed by atoms with van der Waals surface area (Å²) >= 11 is 0. The molecule has 0 aromatic heterocycles. The number of carbonyl (C=O) groups excluding carboxylic acids is 2. The Morgan fingerprint density at radius 1 is 1.29 bits per heavy atom. The lowest BCUT2D eigenvalue weighted by Crippen LogP contribution is -2.50. The van der Waals surface area contributed by atoms with Crippen molar-refractivity contribution in [3.05, 3.63) is 29.8 Å². The lowest BCUT2D eigenvalue weighted by atomic mass is 9.95. The number of para-hydroxylation sites is 1. The molecule has 0 aliphatic carbocycles. The van der Waals surface area contributed by atoms with E-state index in [0.717, 1.165) is 38.8 Å². The first kappa shape index (κ1) is 21.9. The number of nitrogens with one attached hydrogen (secondary N) is 2. The van der Waals surface area contributed by atoms with E-state index < -0.39 is 0 Å². The number of unbranched alkanes of at least 4 members (excludes halogenated alkanes) is 3. The number of hydrogen-bond donors (Lipinski definition) is 2. The van der Waals surface area contributed by atoms with E-state index in [2.05, 4.69) is 28.5 Å². The summed E-state index contributed by atoms with van der Waals surface area (Å²) in [5, 5.41) is 15.1. The molecular formula is C22H32N4O2. The first-order chi connectivity index (χ1) is 13.6. The number of likely N-dealkylation sites (tertiary alicyclic amines) is 1. The number of nitriles is 1. The molecule has 0 saturated carbocycles. The fourth-order valence-electron chi connectivity index (χ4n) is 3.57. The van der Waals surface area contributed by atoms with Gasteiger partial charge < -0.3 is 10.6 Å². The minimum Gasteiger partial charge on any atom is -0.356 e. The Bertz CT molecular complexity index is 698. The molecule has 6 heteroatoms. The molecule has 1 saturated heterocycles. The van der Waals surface area contributed by atoms with E-state index in [9.17, 15) is 14.9 Å². The second-order valence-electron chi connectivity index (χ2n) is 7.51. The maximum atomic E-state index is 12.7. The molecule has 1 fully saturated rings. The number of nitrogens with zero attached hydrogens (tertiary/aromatic N) is 2. The van der Waals surface area contributed by atoms with Crippen LogP contribution in [-0.2, 0) is 9.59 Å². The Hall–Kier alpha value is -2.39. The van der Waals surface area contributed by atoms with Crippen LogP contribution < -0.4 is 10.6 Å². The number of piperidine rings is 1. The third-order valence-electron chi connectivity index (χ3n) is 5.39. The lowest BCUT2D eigenvalue weighted by molar-refractivity contribution is -0.129. The van der Waals surface area contributed by atoms with Crippen LogP contribution in [-0.4, -0.2) is 42.4 Å². The molecule has 2 amide bonds. The molecule has 0 spiro atoms. The van der Waals surface area contributed by atoms with Crippen molar-refractivity contribution in [3.8, 4) is 6.07 Å². The predicted molar refractivity (Wildman–Crippen MR) is 111 cm³/mol. The van der Waals surface area contributed by atoms with Gasteiger partial charge in [-0.1, -0.05) is 38.3 Å². The number of carbonyl (C=O) groups is 2. The molecule has 1 aliphatic heterocycles. The molecule has 0 bridgehead atoms. The molecule has 1 aromatic rings. The minimum atomic E-state index is -0.355. The largest absolute Gasteiger partial charge is 0.356 e. The van der Waals surface area contributed by atoms with Crippen molar-refractivity contribution in [1.82, 2.24) is 10.2 Å².